The summed E-state index contributed by atoms with van der Waals surface area (Å²) in [6, 6.07) is 27.9. The maximum atomic E-state index is 12.8. The maximum absolute atomic E-state index is 12.8. The van der Waals surface area contributed by atoms with E-state index in [-0.39, 0.29) is 5.91 Å². The summed E-state index contributed by atoms with van der Waals surface area (Å²) < 4.78 is 1.94. The van der Waals surface area contributed by atoms with Crippen molar-refractivity contribution < 1.29 is 4.79 Å². The topological polar surface area (TPSA) is 50.2 Å². The molecule has 0 radical (unpaired) electrons. The monoisotopic (exact) mass is 410 g/mol. The molecule has 4 rings (SSSR count). The Morgan fingerprint density at radius 3 is 2.35 bits per heavy atom. The summed E-state index contributed by atoms with van der Waals surface area (Å²) in [7, 11) is 3.93. The molecule has 1 aromatic heterocycles. The van der Waals surface area contributed by atoms with Gasteiger partial charge < -0.3 is 10.2 Å². The third-order valence-corrected chi connectivity index (χ3v) is 5.14. The van der Waals surface area contributed by atoms with Crippen LogP contribution in [0.4, 0.5) is 5.69 Å². The highest BCUT2D eigenvalue weighted by Crippen LogP contribution is 2.22. The number of anilines is 1. The Balaban J connectivity index is 1.56. The van der Waals surface area contributed by atoms with E-state index in [1.807, 2.05) is 103 Å². The van der Waals surface area contributed by atoms with Gasteiger partial charge in [-0.1, -0.05) is 66.7 Å². The predicted molar refractivity (Wildman–Crippen MR) is 125 cm³/mol. The number of hydrogen-bond donors (Lipinski definition) is 1. The molecule has 3 aromatic carbocycles. The lowest BCUT2D eigenvalue weighted by atomic mass is 10.1. The standard InChI is InChI=1S/C26H26N4O/c1-29(2)24-15-9-14-22(16-24)26(31)27-17-23-19-30(18-20-10-5-3-6-11-20)28-25(23)21-12-7-4-8-13-21/h3-16,19H,17-18H2,1-2H3,(H,27,31). The van der Waals surface area contributed by atoms with Gasteiger partial charge in [0.25, 0.3) is 5.91 Å². The van der Waals surface area contributed by atoms with Gasteiger partial charge in [-0.05, 0) is 23.8 Å². The zero-order chi connectivity index (χ0) is 21.6. The molecule has 5 heteroatoms. The summed E-state index contributed by atoms with van der Waals surface area (Å²) >= 11 is 0. The number of rotatable bonds is 7. The minimum absolute atomic E-state index is 0.0986. The second-order valence-electron chi connectivity index (χ2n) is 7.68. The SMILES string of the molecule is CN(C)c1cccc(C(=O)NCc2cn(Cc3ccccc3)nc2-c2ccccc2)c1. The van der Waals surface area contributed by atoms with Crippen molar-refractivity contribution >= 4 is 11.6 Å². The van der Waals surface area contributed by atoms with E-state index in [0.29, 0.717) is 18.7 Å². The van der Waals surface area contributed by atoms with Crippen LogP contribution in [0.2, 0.25) is 0 Å². The number of hydrogen-bond acceptors (Lipinski definition) is 3. The van der Waals surface area contributed by atoms with Gasteiger partial charge in [0, 0.05) is 49.2 Å². The molecule has 0 aliphatic rings. The molecule has 0 atom stereocenters. The third-order valence-electron chi connectivity index (χ3n) is 5.14. The van der Waals surface area contributed by atoms with Crippen molar-refractivity contribution in [1.29, 1.82) is 0 Å². The fourth-order valence-electron chi connectivity index (χ4n) is 3.49. The van der Waals surface area contributed by atoms with E-state index in [1.54, 1.807) is 0 Å². The molecule has 1 N–H and O–H groups in total. The molecule has 0 saturated heterocycles. The molecule has 0 aliphatic carbocycles. The number of amides is 1. The van der Waals surface area contributed by atoms with E-state index >= 15 is 0 Å². The molecule has 0 spiro atoms. The molecule has 0 unspecified atom stereocenters. The average Bonchev–Trinajstić information content (AvgIpc) is 3.21. The van der Waals surface area contributed by atoms with Gasteiger partial charge in [-0.25, -0.2) is 0 Å². The van der Waals surface area contributed by atoms with E-state index in [2.05, 4.69) is 17.4 Å². The minimum atomic E-state index is -0.0986. The zero-order valence-corrected chi connectivity index (χ0v) is 17.8. The molecular weight excluding hydrogens is 384 g/mol. The lowest BCUT2D eigenvalue weighted by Crippen LogP contribution is -2.23. The zero-order valence-electron chi connectivity index (χ0n) is 17.8. The van der Waals surface area contributed by atoms with Crippen molar-refractivity contribution in [3.8, 4) is 11.3 Å². The Kier molecular flexibility index (Phi) is 6.13. The molecule has 0 bridgehead atoms. The van der Waals surface area contributed by atoms with E-state index in [1.165, 1.54) is 5.56 Å². The Morgan fingerprint density at radius 2 is 1.65 bits per heavy atom. The van der Waals surface area contributed by atoms with E-state index in [9.17, 15) is 4.79 Å². The summed E-state index contributed by atoms with van der Waals surface area (Å²) in [5.41, 5.74) is 5.73. The first-order chi connectivity index (χ1) is 15.1. The summed E-state index contributed by atoms with van der Waals surface area (Å²) in [6.07, 6.45) is 2.02. The second-order valence-corrected chi connectivity index (χ2v) is 7.68. The summed E-state index contributed by atoms with van der Waals surface area (Å²) in [4.78, 5) is 14.8. The van der Waals surface area contributed by atoms with Crippen LogP contribution in [0, 0.1) is 0 Å². The summed E-state index contributed by atoms with van der Waals surface area (Å²) in [5, 5.41) is 7.88. The van der Waals surface area contributed by atoms with Crippen LogP contribution in [-0.4, -0.2) is 29.8 Å². The van der Waals surface area contributed by atoms with Gasteiger partial charge in [0.15, 0.2) is 0 Å². The average molecular weight is 411 g/mol. The molecule has 0 saturated carbocycles. The Morgan fingerprint density at radius 1 is 0.935 bits per heavy atom. The van der Waals surface area contributed by atoms with Crippen molar-refractivity contribution in [2.75, 3.05) is 19.0 Å². The van der Waals surface area contributed by atoms with Crippen LogP contribution in [0.3, 0.4) is 0 Å². The van der Waals surface area contributed by atoms with Gasteiger partial charge >= 0.3 is 0 Å². The Hall–Kier alpha value is -3.86. The lowest BCUT2D eigenvalue weighted by molar-refractivity contribution is 0.0951. The van der Waals surface area contributed by atoms with Crippen LogP contribution in [0.25, 0.3) is 11.3 Å². The molecule has 1 amide bonds. The van der Waals surface area contributed by atoms with Gasteiger partial charge in [-0.15, -0.1) is 0 Å². The van der Waals surface area contributed by atoms with Crippen molar-refractivity contribution in [1.82, 2.24) is 15.1 Å². The van der Waals surface area contributed by atoms with Gasteiger partial charge in [-0.3, -0.25) is 9.48 Å². The van der Waals surface area contributed by atoms with Crippen molar-refractivity contribution in [3.63, 3.8) is 0 Å². The lowest BCUT2D eigenvalue weighted by Gasteiger charge is -2.13. The maximum Gasteiger partial charge on any atom is 0.251 e. The smallest absolute Gasteiger partial charge is 0.251 e. The predicted octanol–water partition coefficient (Wildman–Crippen LogP) is 4.59. The van der Waals surface area contributed by atoms with Crippen LogP contribution in [0.5, 0.6) is 0 Å². The largest absolute Gasteiger partial charge is 0.378 e. The van der Waals surface area contributed by atoms with E-state index in [4.69, 9.17) is 5.10 Å². The van der Waals surface area contributed by atoms with Gasteiger partial charge in [0.05, 0.1) is 12.2 Å². The van der Waals surface area contributed by atoms with Crippen molar-refractivity contribution in [2.24, 2.45) is 0 Å². The minimum Gasteiger partial charge on any atom is -0.378 e. The highest BCUT2D eigenvalue weighted by atomic mass is 16.1. The van der Waals surface area contributed by atoms with Crippen LogP contribution in [0.1, 0.15) is 21.5 Å². The normalized spacial score (nSPS) is 10.6. The highest BCUT2D eigenvalue weighted by molar-refractivity contribution is 5.95. The van der Waals surface area contributed by atoms with Crippen LogP contribution >= 0.6 is 0 Å². The molecule has 156 valence electrons. The molecule has 0 fully saturated rings. The van der Waals surface area contributed by atoms with Crippen molar-refractivity contribution in [2.45, 2.75) is 13.1 Å². The van der Waals surface area contributed by atoms with Crippen molar-refractivity contribution in [3.05, 3.63) is 108 Å². The number of nitrogens with zero attached hydrogens (tertiary/aromatic N) is 3. The number of carbonyl (C=O) groups is 1. The summed E-state index contributed by atoms with van der Waals surface area (Å²) in [5.74, 6) is -0.0986. The Bertz CT molecular complexity index is 1150. The van der Waals surface area contributed by atoms with Crippen LogP contribution in [-0.2, 0) is 13.1 Å². The summed E-state index contributed by atoms with van der Waals surface area (Å²) in [6.45, 7) is 1.09. The first-order valence-corrected chi connectivity index (χ1v) is 10.3. The van der Waals surface area contributed by atoms with Gasteiger partial charge in [-0.2, -0.15) is 5.10 Å². The second kappa shape index (κ2) is 9.30. The fraction of sp³-hybridized carbons (Fsp3) is 0.154. The molecule has 31 heavy (non-hydrogen) atoms. The fourth-order valence-corrected chi connectivity index (χ4v) is 3.49. The third kappa shape index (κ3) is 5.01. The van der Waals surface area contributed by atoms with E-state index < -0.39 is 0 Å². The number of benzene rings is 3. The highest BCUT2D eigenvalue weighted by Gasteiger charge is 2.14. The first-order valence-electron chi connectivity index (χ1n) is 10.3. The number of carbonyl (C=O) groups excluding carboxylic acids is 1. The molecular formula is C26H26N4O. The number of aromatic nitrogens is 2. The van der Waals surface area contributed by atoms with E-state index in [0.717, 1.165) is 22.5 Å². The first kappa shape index (κ1) is 20.4. The Labute approximate surface area is 183 Å². The van der Waals surface area contributed by atoms with Gasteiger partial charge in [0.1, 0.15) is 0 Å². The van der Waals surface area contributed by atoms with Crippen LogP contribution in [0.15, 0.2) is 91.1 Å². The quantitative estimate of drug-likeness (QED) is 0.485. The number of nitrogens with one attached hydrogen (secondary N) is 1. The molecule has 1 heterocycles. The van der Waals surface area contributed by atoms with Crippen LogP contribution < -0.4 is 10.2 Å². The molecule has 5 nitrogen and oxygen atoms in total. The molecule has 0 aliphatic heterocycles. The van der Waals surface area contributed by atoms with Gasteiger partial charge in [0.2, 0.25) is 0 Å². The molecule has 4 aromatic rings.